The molecule has 0 saturated heterocycles. The summed E-state index contributed by atoms with van der Waals surface area (Å²) in [7, 11) is 1.06. The molecule has 1 rings (SSSR count). The van der Waals surface area contributed by atoms with Crippen LogP contribution in [0.25, 0.3) is 0 Å². The third-order valence-electron chi connectivity index (χ3n) is 3.04. The number of nitrogens with one attached hydrogen (secondary N) is 2. The molecule has 0 aliphatic carbocycles. The average Bonchev–Trinajstić information content (AvgIpc) is 2.53. The molecule has 1 aromatic rings. The van der Waals surface area contributed by atoms with Gasteiger partial charge in [-0.25, -0.2) is 4.98 Å². The maximum atomic E-state index is 12.4. The van der Waals surface area contributed by atoms with Crippen LogP contribution in [0.2, 0.25) is 0 Å². The van der Waals surface area contributed by atoms with E-state index in [1.807, 2.05) is 0 Å². The number of ketones is 1. The Morgan fingerprint density at radius 1 is 1.17 bits per heavy atom. The van der Waals surface area contributed by atoms with E-state index >= 15 is 0 Å². The summed E-state index contributed by atoms with van der Waals surface area (Å²) < 4.78 is 0. The minimum Gasteiger partial charge on any atom is -0.344 e. The quantitative estimate of drug-likeness (QED) is 0.322. The highest BCUT2D eigenvalue weighted by Gasteiger charge is 2.24. The summed E-state index contributed by atoms with van der Waals surface area (Å²) in [5.74, 6) is -1.19. The summed E-state index contributed by atoms with van der Waals surface area (Å²) in [6, 6.07) is 0.991. The van der Waals surface area contributed by atoms with Gasteiger partial charge in [-0.2, -0.15) is 0 Å². The molecule has 0 fully saturated rings. The molecule has 1 heterocycles. The summed E-state index contributed by atoms with van der Waals surface area (Å²) in [5, 5.41) is 5.51. The van der Waals surface area contributed by atoms with Gasteiger partial charge in [0.05, 0.1) is 17.6 Å². The molecule has 0 radical (unpaired) electrons. The zero-order valence-corrected chi connectivity index (χ0v) is 14.8. The third-order valence-corrected chi connectivity index (χ3v) is 4.06. The van der Waals surface area contributed by atoms with Crippen molar-refractivity contribution in [3.8, 4) is 0 Å². The van der Waals surface area contributed by atoms with Crippen molar-refractivity contribution in [2.75, 3.05) is 0 Å². The number of pyridine rings is 1. The van der Waals surface area contributed by atoms with Gasteiger partial charge in [-0.05, 0) is 43.7 Å². The molecule has 126 valence electrons. The van der Waals surface area contributed by atoms with Gasteiger partial charge < -0.3 is 16.4 Å². The van der Waals surface area contributed by atoms with E-state index in [4.69, 9.17) is 5.73 Å². The molecule has 0 aliphatic heterocycles. The smallest absolute Gasteiger partial charge is 0.242 e. The van der Waals surface area contributed by atoms with Crippen LogP contribution in [0.3, 0.4) is 0 Å². The molecule has 4 N–H and O–H groups in total. The largest absolute Gasteiger partial charge is 0.344 e. The van der Waals surface area contributed by atoms with Gasteiger partial charge in [0.1, 0.15) is 11.1 Å². The van der Waals surface area contributed by atoms with Crippen molar-refractivity contribution >= 4 is 40.1 Å². The van der Waals surface area contributed by atoms with Gasteiger partial charge in [-0.15, -0.1) is 11.7 Å². The first-order valence-electron chi connectivity index (χ1n) is 6.94. The molecule has 1 aromatic heterocycles. The van der Waals surface area contributed by atoms with Crippen molar-refractivity contribution < 1.29 is 14.4 Å². The number of amides is 2. The predicted octanol–water partition coefficient (Wildman–Crippen LogP) is 0.558. The van der Waals surface area contributed by atoms with Crippen molar-refractivity contribution in [2.45, 2.75) is 43.9 Å². The number of aromatic nitrogens is 1. The van der Waals surface area contributed by atoms with Crippen LogP contribution in [0, 0.1) is 0 Å². The normalized spacial score (nSPS) is 14.5. The minimum atomic E-state index is -0.795. The summed E-state index contributed by atoms with van der Waals surface area (Å²) in [5.41, 5.74) is 5.81. The molecular weight excluding hydrogens is 336 g/mol. The molecule has 0 spiro atoms. The minimum absolute atomic E-state index is 0.284. The zero-order chi connectivity index (χ0) is 17.6. The Balaban J connectivity index is 2.71. The molecule has 0 bridgehead atoms. The number of hydrogen-bond donors (Lipinski definition) is 4. The highest BCUT2D eigenvalue weighted by Crippen LogP contribution is 2.23. The van der Waals surface area contributed by atoms with E-state index in [1.54, 1.807) is 25.3 Å². The summed E-state index contributed by atoms with van der Waals surface area (Å²) in [6.07, 6.45) is 1.56. The molecule has 9 heteroatoms. The van der Waals surface area contributed by atoms with Gasteiger partial charge >= 0.3 is 0 Å². The molecule has 2 amide bonds. The van der Waals surface area contributed by atoms with E-state index in [1.165, 1.54) is 13.8 Å². The van der Waals surface area contributed by atoms with Crippen molar-refractivity contribution in [3.05, 3.63) is 23.9 Å². The van der Waals surface area contributed by atoms with Gasteiger partial charge in [-0.3, -0.25) is 14.4 Å². The van der Waals surface area contributed by atoms with E-state index < -0.39 is 29.9 Å². The Bertz CT molecular complexity index is 595. The Morgan fingerprint density at radius 2 is 1.78 bits per heavy atom. The lowest BCUT2D eigenvalue weighted by Gasteiger charge is -2.19. The summed E-state index contributed by atoms with van der Waals surface area (Å²) in [4.78, 5) is 40.0. The highest BCUT2D eigenvalue weighted by molar-refractivity contribution is 8.68. The molecule has 7 nitrogen and oxygen atoms in total. The van der Waals surface area contributed by atoms with Crippen LogP contribution in [0.4, 0.5) is 0 Å². The summed E-state index contributed by atoms with van der Waals surface area (Å²) in [6.45, 7) is 4.61. The van der Waals surface area contributed by atoms with Crippen molar-refractivity contribution in [3.63, 3.8) is 0 Å². The lowest BCUT2D eigenvalue weighted by atomic mass is 10.1. The first kappa shape index (κ1) is 19.5. The first-order chi connectivity index (χ1) is 10.8. The van der Waals surface area contributed by atoms with Crippen LogP contribution in [-0.2, 0) is 9.59 Å². The zero-order valence-electron chi connectivity index (χ0n) is 13.1. The van der Waals surface area contributed by atoms with Crippen LogP contribution >= 0.6 is 22.5 Å². The van der Waals surface area contributed by atoms with Crippen LogP contribution in [0.5, 0.6) is 0 Å². The Hall–Kier alpha value is -1.58. The fourth-order valence-electron chi connectivity index (χ4n) is 1.70. The van der Waals surface area contributed by atoms with Crippen LogP contribution in [0.15, 0.2) is 23.4 Å². The van der Waals surface area contributed by atoms with E-state index in [9.17, 15) is 14.4 Å². The fourth-order valence-corrected chi connectivity index (χ4v) is 2.51. The lowest BCUT2D eigenvalue weighted by Crippen LogP contribution is -2.52. The molecule has 0 saturated carbocycles. The van der Waals surface area contributed by atoms with E-state index in [0.29, 0.717) is 10.6 Å². The number of hydrogen-bond acceptors (Lipinski definition) is 7. The topological polar surface area (TPSA) is 114 Å². The molecule has 0 aliphatic rings. The maximum Gasteiger partial charge on any atom is 0.242 e. The average molecular weight is 356 g/mol. The van der Waals surface area contributed by atoms with Crippen molar-refractivity contribution in [2.24, 2.45) is 5.73 Å². The second-order valence-corrected chi connectivity index (χ2v) is 6.18. The van der Waals surface area contributed by atoms with Gasteiger partial charge in [-0.1, -0.05) is 0 Å². The van der Waals surface area contributed by atoms with Gasteiger partial charge in [0.2, 0.25) is 11.8 Å². The van der Waals surface area contributed by atoms with Gasteiger partial charge in [0, 0.05) is 6.20 Å². The number of Topliss-reactive ketones (excluding diaryl/α,β-unsaturated/α-hetero) is 1. The number of nitrogens with zero attached hydrogens (tertiary/aromatic N) is 1. The fraction of sp³-hybridized carbons (Fsp3) is 0.429. The predicted molar refractivity (Wildman–Crippen MR) is 92.3 cm³/mol. The monoisotopic (exact) mass is 356 g/mol. The highest BCUT2D eigenvalue weighted by atomic mass is 33.1. The van der Waals surface area contributed by atoms with E-state index in [2.05, 4.69) is 27.3 Å². The number of carbonyl (C=O) groups excluding carboxylic acids is 3. The molecule has 0 unspecified atom stereocenters. The molecule has 3 atom stereocenters. The third kappa shape index (κ3) is 5.52. The van der Waals surface area contributed by atoms with Crippen LogP contribution < -0.4 is 16.4 Å². The van der Waals surface area contributed by atoms with E-state index in [-0.39, 0.29) is 5.78 Å². The van der Waals surface area contributed by atoms with Crippen molar-refractivity contribution in [1.29, 1.82) is 0 Å². The second-order valence-electron chi connectivity index (χ2n) is 5.06. The molecule has 23 heavy (non-hydrogen) atoms. The number of rotatable bonds is 7. The van der Waals surface area contributed by atoms with Crippen LogP contribution in [-0.4, -0.2) is 40.7 Å². The van der Waals surface area contributed by atoms with Crippen molar-refractivity contribution in [1.82, 2.24) is 15.6 Å². The number of nitrogens with two attached hydrogens (primary N) is 1. The number of carbonyl (C=O) groups is 3. The van der Waals surface area contributed by atoms with Gasteiger partial charge in [0.25, 0.3) is 0 Å². The van der Waals surface area contributed by atoms with Crippen LogP contribution in [0.1, 0.15) is 31.1 Å². The first-order valence-corrected chi connectivity index (χ1v) is 8.81. The lowest BCUT2D eigenvalue weighted by molar-refractivity contribution is -0.129. The molecular formula is C14H20N4O3S2. The maximum absolute atomic E-state index is 12.4. The second kappa shape index (κ2) is 8.90. The molecule has 0 aromatic carbocycles. The van der Waals surface area contributed by atoms with Gasteiger partial charge in [0.15, 0.2) is 5.78 Å². The Morgan fingerprint density at radius 3 is 2.35 bits per heavy atom. The number of thiol groups is 1. The Labute approximate surface area is 144 Å². The Kier molecular flexibility index (Phi) is 7.53. The standard InChI is InChI=1S/C14H20N4O3S2/c1-7(15)12(20)18-9(3)13(21)17-8(2)11(19)10-5-4-6-16-14(10)23-22/h4-9,22H,15H2,1-3H3,(H,17,21)(H,18,20)/t7-,8-,9-/m0/s1. The SMILES string of the molecule is C[C@H](N)C(=O)N[C@@H](C)C(=O)N[C@@H](C)C(=O)c1cccnc1SS. The van der Waals surface area contributed by atoms with E-state index in [0.717, 1.165) is 10.8 Å². The summed E-state index contributed by atoms with van der Waals surface area (Å²) >= 11 is 4.06.